The van der Waals surface area contributed by atoms with Crippen molar-refractivity contribution in [3.8, 4) is 0 Å². The maximum absolute atomic E-state index is 5.42. The highest BCUT2D eigenvalue weighted by molar-refractivity contribution is 4.99. The number of hydrogen-bond acceptors (Lipinski definition) is 1. The maximum atomic E-state index is 5.42. The van der Waals surface area contributed by atoms with Gasteiger partial charge in [0, 0.05) is 13.2 Å². The maximum Gasteiger partial charge on any atom is 0.0497 e. The third-order valence-electron chi connectivity index (χ3n) is 4.17. The van der Waals surface area contributed by atoms with Gasteiger partial charge in [-0.25, -0.2) is 0 Å². The Morgan fingerprint density at radius 2 is 1.91 bits per heavy atom. The normalized spacial score (nSPS) is 54.5. The van der Waals surface area contributed by atoms with Crippen molar-refractivity contribution in [3.63, 3.8) is 0 Å². The van der Waals surface area contributed by atoms with E-state index in [1.165, 1.54) is 19.3 Å². The molecule has 3 aliphatic rings. The zero-order valence-electron chi connectivity index (χ0n) is 6.96. The van der Waals surface area contributed by atoms with E-state index in [0.717, 1.165) is 36.9 Å². The molecule has 3 fully saturated rings. The Hall–Kier alpha value is -0.0400. The van der Waals surface area contributed by atoms with Crippen LogP contribution in [-0.4, -0.2) is 13.2 Å². The van der Waals surface area contributed by atoms with Gasteiger partial charge in [-0.2, -0.15) is 0 Å². The standard InChI is InChI=1S/C10H16O/c1-2-9-7(1)5-10(9)8-3-4-11-6-8/h7-10H,1-6H2. The molecule has 1 heteroatoms. The van der Waals surface area contributed by atoms with E-state index in [9.17, 15) is 0 Å². The fourth-order valence-corrected chi connectivity index (χ4v) is 3.21. The molecule has 0 aromatic heterocycles. The number of ether oxygens (including phenoxy) is 1. The smallest absolute Gasteiger partial charge is 0.0497 e. The van der Waals surface area contributed by atoms with Crippen LogP contribution in [0.4, 0.5) is 0 Å². The highest BCUT2D eigenvalue weighted by Gasteiger charge is 2.50. The Morgan fingerprint density at radius 1 is 0.909 bits per heavy atom. The minimum Gasteiger partial charge on any atom is -0.381 e. The van der Waals surface area contributed by atoms with Crippen molar-refractivity contribution in [2.45, 2.75) is 25.7 Å². The summed E-state index contributed by atoms with van der Waals surface area (Å²) in [4.78, 5) is 0. The van der Waals surface area contributed by atoms with Crippen LogP contribution in [0.2, 0.25) is 0 Å². The topological polar surface area (TPSA) is 9.23 Å². The average molecular weight is 152 g/mol. The van der Waals surface area contributed by atoms with E-state index in [1.807, 2.05) is 0 Å². The first kappa shape index (κ1) is 6.47. The van der Waals surface area contributed by atoms with Crippen LogP contribution in [0.1, 0.15) is 25.7 Å². The first-order valence-electron chi connectivity index (χ1n) is 5.03. The van der Waals surface area contributed by atoms with Gasteiger partial charge in [0.25, 0.3) is 0 Å². The van der Waals surface area contributed by atoms with Gasteiger partial charge in [0.2, 0.25) is 0 Å². The van der Waals surface area contributed by atoms with E-state index < -0.39 is 0 Å². The molecule has 1 saturated heterocycles. The Balaban J connectivity index is 1.62. The number of rotatable bonds is 1. The number of hydrogen-bond donors (Lipinski definition) is 0. The summed E-state index contributed by atoms with van der Waals surface area (Å²) >= 11 is 0. The van der Waals surface area contributed by atoms with Gasteiger partial charge in [-0.1, -0.05) is 0 Å². The van der Waals surface area contributed by atoms with Gasteiger partial charge in [-0.3, -0.25) is 0 Å². The second-order valence-corrected chi connectivity index (χ2v) is 4.52. The van der Waals surface area contributed by atoms with E-state index in [4.69, 9.17) is 4.74 Å². The molecule has 3 rings (SSSR count). The van der Waals surface area contributed by atoms with Crippen molar-refractivity contribution in [1.82, 2.24) is 0 Å². The zero-order valence-corrected chi connectivity index (χ0v) is 6.96. The van der Waals surface area contributed by atoms with Crippen molar-refractivity contribution in [2.24, 2.45) is 23.7 Å². The summed E-state index contributed by atoms with van der Waals surface area (Å²) in [6.07, 6.45) is 5.97. The van der Waals surface area contributed by atoms with Gasteiger partial charge in [-0.15, -0.1) is 0 Å². The molecule has 11 heavy (non-hydrogen) atoms. The van der Waals surface area contributed by atoms with Gasteiger partial charge in [-0.05, 0) is 49.4 Å². The molecule has 0 radical (unpaired) electrons. The minimum absolute atomic E-state index is 0.955. The molecule has 4 unspecified atom stereocenters. The Kier molecular flexibility index (Phi) is 1.31. The summed E-state index contributed by atoms with van der Waals surface area (Å²) in [5.41, 5.74) is 0. The van der Waals surface area contributed by atoms with Gasteiger partial charge < -0.3 is 4.74 Å². The summed E-state index contributed by atoms with van der Waals surface area (Å²) in [6, 6.07) is 0. The lowest BCUT2D eigenvalue weighted by Crippen LogP contribution is -2.47. The summed E-state index contributed by atoms with van der Waals surface area (Å²) in [7, 11) is 0. The minimum atomic E-state index is 0.955. The van der Waals surface area contributed by atoms with Crippen LogP contribution in [0.3, 0.4) is 0 Å². The van der Waals surface area contributed by atoms with Gasteiger partial charge >= 0.3 is 0 Å². The van der Waals surface area contributed by atoms with Crippen LogP contribution in [0.25, 0.3) is 0 Å². The van der Waals surface area contributed by atoms with Crippen LogP contribution < -0.4 is 0 Å². The Labute approximate surface area is 68.1 Å². The molecule has 1 nitrogen and oxygen atoms in total. The second-order valence-electron chi connectivity index (χ2n) is 4.52. The molecular weight excluding hydrogens is 136 g/mol. The van der Waals surface area contributed by atoms with Crippen LogP contribution in [-0.2, 0) is 4.74 Å². The van der Waals surface area contributed by atoms with Gasteiger partial charge in [0.15, 0.2) is 0 Å². The lowest BCUT2D eigenvalue weighted by molar-refractivity contribution is -0.0591. The van der Waals surface area contributed by atoms with Crippen molar-refractivity contribution < 1.29 is 4.74 Å². The molecule has 62 valence electrons. The predicted molar refractivity (Wildman–Crippen MR) is 43.2 cm³/mol. The van der Waals surface area contributed by atoms with E-state index in [2.05, 4.69) is 0 Å². The van der Waals surface area contributed by atoms with Crippen LogP contribution in [0.5, 0.6) is 0 Å². The summed E-state index contributed by atoms with van der Waals surface area (Å²) in [5, 5.41) is 0. The monoisotopic (exact) mass is 152 g/mol. The Morgan fingerprint density at radius 3 is 2.36 bits per heavy atom. The Bertz CT molecular complexity index is 160. The van der Waals surface area contributed by atoms with E-state index in [-0.39, 0.29) is 0 Å². The van der Waals surface area contributed by atoms with E-state index >= 15 is 0 Å². The van der Waals surface area contributed by atoms with Gasteiger partial charge in [0.05, 0.1) is 0 Å². The lowest BCUT2D eigenvalue weighted by Gasteiger charge is -2.55. The molecule has 0 spiro atoms. The van der Waals surface area contributed by atoms with E-state index in [1.54, 1.807) is 6.42 Å². The lowest BCUT2D eigenvalue weighted by atomic mass is 9.50. The van der Waals surface area contributed by atoms with Crippen molar-refractivity contribution >= 4 is 0 Å². The molecule has 1 aliphatic heterocycles. The fourth-order valence-electron chi connectivity index (χ4n) is 3.21. The quantitative estimate of drug-likeness (QED) is 0.559. The molecule has 0 amide bonds. The SMILES string of the molecule is C1CC(C2CC3CCC32)CO1. The highest BCUT2D eigenvalue weighted by atomic mass is 16.5. The third-order valence-corrected chi connectivity index (χ3v) is 4.17. The number of fused-ring (bicyclic) bond motifs is 1. The molecular formula is C10H16O. The molecule has 4 atom stereocenters. The van der Waals surface area contributed by atoms with Crippen LogP contribution in [0.15, 0.2) is 0 Å². The molecule has 0 aromatic rings. The average Bonchev–Trinajstić information content (AvgIpc) is 2.46. The molecule has 0 bridgehead atoms. The van der Waals surface area contributed by atoms with Crippen LogP contribution >= 0.6 is 0 Å². The summed E-state index contributed by atoms with van der Waals surface area (Å²) < 4.78 is 5.42. The second kappa shape index (κ2) is 2.22. The molecule has 2 saturated carbocycles. The van der Waals surface area contributed by atoms with Crippen molar-refractivity contribution in [2.75, 3.05) is 13.2 Å². The summed E-state index contributed by atoms with van der Waals surface area (Å²) in [5.74, 6) is 4.33. The first-order valence-corrected chi connectivity index (χ1v) is 5.03. The summed E-state index contributed by atoms with van der Waals surface area (Å²) in [6.45, 7) is 2.12. The molecule has 1 heterocycles. The highest BCUT2D eigenvalue weighted by Crippen LogP contribution is 2.57. The molecule has 0 N–H and O–H groups in total. The molecule has 0 aromatic carbocycles. The fraction of sp³-hybridized carbons (Fsp3) is 1.00. The largest absolute Gasteiger partial charge is 0.381 e. The van der Waals surface area contributed by atoms with Crippen molar-refractivity contribution in [1.29, 1.82) is 0 Å². The zero-order chi connectivity index (χ0) is 7.26. The van der Waals surface area contributed by atoms with Crippen LogP contribution in [0, 0.1) is 23.7 Å². The van der Waals surface area contributed by atoms with E-state index in [0.29, 0.717) is 0 Å². The first-order chi connectivity index (χ1) is 5.45. The van der Waals surface area contributed by atoms with Crippen molar-refractivity contribution in [3.05, 3.63) is 0 Å². The van der Waals surface area contributed by atoms with Gasteiger partial charge in [0.1, 0.15) is 0 Å². The third kappa shape index (κ3) is 0.807. The predicted octanol–water partition coefficient (Wildman–Crippen LogP) is 2.07. The molecule has 2 aliphatic carbocycles.